The molecule has 0 aromatic heterocycles. The average Bonchev–Trinajstić information content (AvgIpc) is 2.70. The number of benzene rings is 3. The van der Waals surface area contributed by atoms with E-state index in [1.807, 2.05) is 48.5 Å². The second-order valence-corrected chi connectivity index (χ2v) is 6.70. The molecular weight excluding hydrogens is 366 g/mol. The molecule has 0 aliphatic carbocycles. The molecule has 3 aromatic rings. The number of aliphatic hydroxyl groups excluding tert-OH is 3. The average molecular weight is 392 g/mol. The van der Waals surface area contributed by atoms with Gasteiger partial charge in [0.25, 0.3) is 0 Å². The molecule has 4 N–H and O–H groups in total. The van der Waals surface area contributed by atoms with E-state index in [1.54, 1.807) is 6.92 Å². The largest absolute Gasteiger partial charge is 0.490 e. The van der Waals surface area contributed by atoms with Crippen LogP contribution >= 0.6 is 12.4 Å². The predicted molar refractivity (Wildman–Crippen MR) is 111 cm³/mol. The maximum absolute atomic E-state index is 9.56. The van der Waals surface area contributed by atoms with Crippen LogP contribution in [0, 0.1) is 0 Å². The standard InChI is InChI=1S/C21H25NO4.ClH/c1-21(13-24,14-25)22-12-19-15-6-2-4-8-17(15)20(26-11-10-23)18-9-5-3-7-16(18)19;/h2-9,22-25H,10-14H2,1H3;1H. The Morgan fingerprint density at radius 2 is 1.33 bits per heavy atom. The van der Waals surface area contributed by atoms with Crippen molar-refractivity contribution < 1.29 is 20.1 Å². The molecule has 3 aromatic carbocycles. The molecule has 27 heavy (non-hydrogen) atoms. The van der Waals surface area contributed by atoms with Gasteiger partial charge in [-0.3, -0.25) is 0 Å². The molecule has 0 radical (unpaired) electrons. The molecule has 0 bridgehead atoms. The molecule has 0 spiro atoms. The number of hydrogen-bond acceptors (Lipinski definition) is 5. The monoisotopic (exact) mass is 391 g/mol. The van der Waals surface area contributed by atoms with Crippen LogP contribution in [0.5, 0.6) is 5.75 Å². The molecule has 0 aliphatic rings. The highest BCUT2D eigenvalue weighted by Crippen LogP contribution is 2.38. The van der Waals surface area contributed by atoms with E-state index in [0.29, 0.717) is 6.54 Å². The minimum atomic E-state index is -0.756. The third kappa shape index (κ3) is 4.34. The van der Waals surface area contributed by atoms with Crippen LogP contribution in [0.25, 0.3) is 21.5 Å². The van der Waals surface area contributed by atoms with Crippen LogP contribution in [0.4, 0.5) is 0 Å². The van der Waals surface area contributed by atoms with E-state index in [9.17, 15) is 15.3 Å². The van der Waals surface area contributed by atoms with E-state index < -0.39 is 5.54 Å². The first kappa shape index (κ1) is 21.4. The maximum atomic E-state index is 9.56. The fourth-order valence-corrected chi connectivity index (χ4v) is 3.14. The van der Waals surface area contributed by atoms with E-state index in [4.69, 9.17) is 4.74 Å². The summed E-state index contributed by atoms with van der Waals surface area (Å²) in [7, 11) is 0. The summed E-state index contributed by atoms with van der Waals surface area (Å²) in [5, 5.41) is 35.6. The van der Waals surface area contributed by atoms with Crippen molar-refractivity contribution in [3.8, 4) is 5.75 Å². The van der Waals surface area contributed by atoms with Gasteiger partial charge in [-0.15, -0.1) is 12.4 Å². The number of hydrogen-bond donors (Lipinski definition) is 4. The molecule has 0 amide bonds. The normalized spacial score (nSPS) is 11.6. The molecule has 0 aliphatic heterocycles. The number of rotatable bonds is 8. The van der Waals surface area contributed by atoms with Crippen LogP contribution in [-0.2, 0) is 6.54 Å². The predicted octanol–water partition coefficient (Wildman–Crippen LogP) is 2.62. The Bertz CT molecular complexity index is 839. The van der Waals surface area contributed by atoms with Crippen molar-refractivity contribution >= 4 is 34.0 Å². The lowest BCUT2D eigenvalue weighted by Crippen LogP contribution is -2.48. The van der Waals surface area contributed by atoms with Gasteiger partial charge in [0.2, 0.25) is 0 Å². The van der Waals surface area contributed by atoms with Crippen molar-refractivity contribution in [3.63, 3.8) is 0 Å². The number of nitrogens with one attached hydrogen (secondary N) is 1. The molecule has 5 nitrogen and oxygen atoms in total. The van der Waals surface area contributed by atoms with Gasteiger partial charge in [0, 0.05) is 17.3 Å². The summed E-state index contributed by atoms with van der Waals surface area (Å²) in [6, 6.07) is 16.0. The van der Waals surface area contributed by atoms with Gasteiger partial charge in [-0.05, 0) is 23.3 Å². The van der Waals surface area contributed by atoms with Crippen molar-refractivity contribution in [2.45, 2.75) is 19.0 Å². The molecule has 0 heterocycles. The zero-order valence-corrected chi connectivity index (χ0v) is 16.1. The summed E-state index contributed by atoms with van der Waals surface area (Å²) >= 11 is 0. The van der Waals surface area contributed by atoms with Crippen LogP contribution in [0.15, 0.2) is 48.5 Å². The minimum Gasteiger partial charge on any atom is -0.490 e. The topological polar surface area (TPSA) is 82.0 Å². The van der Waals surface area contributed by atoms with E-state index in [1.165, 1.54) is 0 Å². The number of halogens is 1. The van der Waals surface area contributed by atoms with Crippen LogP contribution < -0.4 is 10.1 Å². The van der Waals surface area contributed by atoms with Crippen LogP contribution in [-0.4, -0.2) is 47.3 Å². The van der Waals surface area contributed by atoms with E-state index in [0.717, 1.165) is 32.9 Å². The summed E-state index contributed by atoms with van der Waals surface area (Å²) in [5.41, 5.74) is 0.328. The molecule has 6 heteroatoms. The van der Waals surface area contributed by atoms with Gasteiger partial charge in [-0.1, -0.05) is 48.5 Å². The van der Waals surface area contributed by atoms with Crippen molar-refractivity contribution in [1.82, 2.24) is 5.32 Å². The van der Waals surface area contributed by atoms with Gasteiger partial charge < -0.3 is 25.4 Å². The Hall–Kier alpha value is -1.89. The smallest absolute Gasteiger partial charge is 0.135 e. The fraction of sp³-hybridized carbons (Fsp3) is 0.333. The molecule has 146 valence electrons. The molecule has 3 rings (SSSR count). The van der Waals surface area contributed by atoms with Crippen LogP contribution in [0.3, 0.4) is 0 Å². The molecule has 0 unspecified atom stereocenters. The zero-order valence-electron chi connectivity index (χ0n) is 15.3. The third-order valence-electron chi connectivity index (χ3n) is 4.72. The zero-order chi connectivity index (χ0) is 18.6. The number of aliphatic hydroxyl groups is 3. The lowest BCUT2D eigenvalue weighted by Gasteiger charge is -2.27. The van der Waals surface area contributed by atoms with Crippen molar-refractivity contribution in [3.05, 3.63) is 54.1 Å². The SMILES string of the molecule is CC(CO)(CO)NCc1c2ccccc2c(OCCO)c2ccccc12.Cl. The van der Waals surface area contributed by atoms with Gasteiger partial charge in [0.05, 0.1) is 25.4 Å². The van der Waals surface area contributed by atoms with E-state index >= 15 is 0 Å². The molecule has 0 saturated carbocycles. The van der Waals surface area contributed by atoms with E-state index in [2.05, 4.69) is 5.32 Å². The molecule has 0 atom stereocenters. The van der Waals surface area contributed by atoms with Crippen molar-refractivity contribution in [1.29, 1.82) is 0 Å². The summed E-state index contributed by atoms with van der Waals surface area (Å²) < 4.78 is 5.87. The first-order valence-electron chi connectivity index (χ1n) is 8.76. The Morgan fingerprint density at radius 1 is 0.852 bits per heavy atom. The van der Waals surface area contributed by atoms with Gasteiger partial charge in [-0.2, -0.15) is 0 Å². The lowest BCUT2D eigenvalue weighted by atomic mass is 9.94. The van der Waals surface area contributed by atoms with Gasteiger partial charge in [-0.25, -0.2) is 0 Å². The Morgan fingerprint density at radius 3 is 1.78 bits per heavy atom. The summed E-state index contributed by atoms with van der Waals surface area (Å²) in [6.07, 6.45) is 0. The van der Waals surface area contributed by atoms with Crippen LogP contribution in [0.2, 0.25) is 0 Å². The molecule has 0 fully saturated rings. The van der Waals surface area contributed by atoms with E-state index in [-0.39, 0.29) is 38.8 Å². The second-order valence-electron chi connectivity index (χ2n) is 6.70. The van der Waals surface area contributed by atoms with Crippen molar-refractivity contribution in [2.75, 3.05) is 26.4 Å². The number of fused-ring (bicyclic) bond motifs is 2. The Kier molecular flexibility index (Phi) is 7.41. The van der Waals surface area contributed by atoms with Gasteiger partial charge in [0.15, 0.2) is 0 Å². The first-order valence-corrected chi connectivity index (χ1v) is 8.76. The van der Waals surface area contributed by atoms with Gasteiger partial charge in [0.1, 0.15) is 12.4 Å². The highest BCUT2D eigenvalue weighted by molar-refractivity contribution is 6.08. The Labute approximate surface area is 165 Å². The third-order valence-corrected chi connectivity index (χ3v) is 4.72. The van der Waals surface area contributed by atoms with Crippen LogP contribution in [0.1, 0.15) is 12.5 Å². The highest BCUT2D eigenvalue weighted by Gasteiger charge is 2.23. The quantitative estimate of drug-likeness (QED) is 0.444. The minimum absolute atomic E-state index is 0. The summed E-state index contributed by atoms with van der Waals surface area (Å²) in [5.74, 6) is 0.765. The second kappa shape index (κ2) is 9.35. The van der Waals surface area contributed by atoms with Crippen molar-refractivity contribution in [2.24, 2.45) is 0 Å². The summed E-state index contributed by atoms with van der Waals surface area (Å²) in [4.78, 5) is 0. The maximum Gasteiger partial charge on any atom is 0.135 e. The highest BCUT2D eigenvalue weighted by atomic mass is 35.5. The fourth-order valence-electron chi connectivity index (χ4n) is 3.14. The molecule has 0 saturated heterocycles. The molecular formula is C21H26ClNO4. The lowest BCUT2D eigenvalue weighted by molar-refractivity contribution is 0.103. The first-order chi connectivity index (χ1) is 12.6. The Balaban J connectivity index is 0.00000261. The van der Waals surface area contributed by atoms with Gasteiger partial charge >= 0.3 is 0 Å². The summed E-state index contributed by atoms with van der Waals surface area (Å²) in [6.45, 7) is 2.17. The number of ether oxygens (including phenoxy) is 1.